The zero-order valence-corrected chi connectivity index (χ0v) is 19.2. The quantitative estimate of drug-likeness (QED) is 0.472. The van der Waals surface area contributed by atoms with Crippen LogP contribution in [0.25, 0.3) is 11.2 Å². The number of ether oxygens (including phenoxy) is 1. The second-order valence-electron chi connectivity index (χ2n) is 8.55. The molecule has 34 heavy (non-hydrogen) atoms. The van der Waals surface area contributed by atoms with Crippen LogP contribution < -0.4 is 20.9 Å². The van der Waals surface area contributed by atoms with Crippen LogP contribution in [0.3, 0.4) is 0 Å². The fourth-order valence-electron chi connectivity index (χ4n) is 4.58. The van der Waals surface area contributed by atoms with Gasteiger partial charge in [0.1, 0.15) is 5.75 Å². The number of hydrogen-bond acceptors (Lipinski definition) is 6. The minimum atomic E-state index is -0.709. The number of β-amino-alcohol motifs (C(OH)–C–C–N with tert-alkyl or cyclic N) is 1. The molecular weight excluding hydrogens is 434 g/mol. The van der Waals surface area contributed by atoms with E-state index in [1.165, 1.54) is 9.13 Å². The van der Waals surface area contributed by atoms with E-state index in [4.69, 9.17) is 4.74 Å². The van der Waals surface area contributed by atoms with Gasteiger partial charge in [-0.3, -0.25) is 13.9 Å². The highest BCUT2D eigenvalue weighted by Gasteiger charge is 2.30. The molecule has 0 saturated heterocycles. The summed E-state index contributed by atoms with van der Waals surface area (Å²) in [6, 6.07) is 17.4. The molecule has 2 aromatic heterocycles. The number of aliphatic hydroxyl groups excluding tert-OH is 1. The zero-order valence-electron chi connectivity index (χ0n) is 19.2. The molecule has 0 saturated carbocycles. The molecule has 0 radical (unpaired) electrons. The second kappa shape index (κ2) is 8.83. The van der Waals surface area contributed by atoms with Crippen molar-refractivity contribution < 1.29 is 9.84 Å². The molecular formula is C25H27N5O4. The van der Waals surface area contributed by atoms with Crippen molar-refractivity contribution in [3.8, 4) is 5.75 Å². The standard InChI is InChI=1S/C25H27N5O4/c1-27-22-21(23(32)28(25(27)33)13-7-10-17-8-4-3-5-9-17)30-16-19(31)15-29(24(30)26-22)18-11-6-12-20(14-18)34-2/h3-6,8-9,11-12,14,19,31H,7,10,13,15-16H2,1-2H3/t19-/m1/s1. The van der Waals surface area contributed by atoms with Crippen LogP contribution in [-0.4, -0.2) is 43.6 Å². The predicted octanol–water partition coefficient (Wildman–Crippen LogP) is 2.05. The fourth-order valence-corrected chi connectivity index (χ4v) is 4.58. The Morgan fingerprint density at radius 3 is 2.65 bits per heavy atom. The van der Waals surface area contributed by atoms with Crippen molar-refractivity contribution in [3.05, 3.63) is 81.0 Å². The first-order valence-corrected chi connectivity index (χ1v) is 11.3. The molecule has 2 aromatic carbocycles. The molecule has 4 aromatic rings. The molecule has 0 aliphatic carbocycles. The Kier molecular flexibility index (Phi) is 5.70. The van der Waals surface area contributed by atoms with E-state index in [0.717, 1.165) is 17.7 Å². The number of benzene rings is 2. The Bertz CT molecular complexity index is 1450. The molecule has 5 rings (SSSR count). The van der Waals surface area contributed by atoms with Gasteiger partial charge in [0.15, 0.2) is 11.2 Å². The molecule has 9 heteroatoms. The van der Waals surface area contributed by atoms with Gasteiger partial charge in [-0.05, 0) is 30.5 Å². The van der Waals surface area contributed by atoms with Gasteiger partial charge in [0.2, 0.25) is 5.95 Å². The number of imidazole rings is 1. The molecule has 0 unspecified atom stereocenters. The number of methoxy groups -OCH3 is 1. The van der Waals surface area contributed by atoms with Crippen molar-refractivity contribution in [2.24, 2.45) is 7.05 Å². The van der Waals surface area contributed by atoms with Crippen molar-refractivity contribution in [3.63, 3.8) is 0 Å². The highest BCUT2D eigenvalue weighted by molar-refractivity contribution is 5.77. The summed E-state index contributed by atoms with van der Waals surface area (Å²) in [4.78, 5) is 33.1. The van der Waals surface area contributed by atoms with Crippen LogP contribution in [0.4, 0.5) is 11.6 Å². The molecule has 0 bridgehead atoms. The number of anilines is 2. The Labute approximate surface area is 196 Å². The average molecular weight is 462 g/mol. The summed E-state index contributed by atoms with van der Waals surface area (Å²) in [5, 5.41) is 10.6. The van der Waals surface area contributed by atoms with Gasteiger partial charge in [-0.2, -0.15) is 4.98 Å². The van der Waals surface area contributed by atoms with Gasteiger partial charge < -0.3 is 19.3 Å². The third-order valence-corrected chi connectivity index (χ3v) is 6.30. The van der Waals surface area contributed by atoms with Gasteiger partial charge in [-0.25, -0.2) is 4.79 Å². The van der Waals surface area contributed by atoms with E-state index in [2.05, 4.69) is 4.98 Å². The monoisotopic (exact) mass is 461 g/mol. The largest absolute Gasteiger partial charge is 0.497 e. The maximum Gasteiger partial charge on any atom is 0.332 e. The number of rotatable bonds is 6. The molecule has 1 N–H and O–H groups in total. The number of nitrogens with zero attached hydrogens (tertiary/aromatic N) is 5. The Morgan fingerprint density at radius 2 is 1.88 bits per heavy atom. The number of aryl methyl sites for hydroxylation is 2. The summed E-state index contributed by atoms with van der Waals surface area (Å²) in [5.74, 6) is 1.19. The van der Waals surface area contributed by atoms with Gasteiger partial charge in [-0.1, -0.05) is 36.4 Å². The van der Waals surface area contributed by atoms with Crippen LogP contribution in [0.1, 0.15) is 12.0 Å². The van der Waals surface area contributed by atoms with E-state index >= 15 is 0 Å². The second-order valence-corrected chi connectivity index (χ2v) is 8.55. The van der Waals surface area contributed by atoms with E-state index in [-0.39, 0.29) is 12.1 Å². The van der Waals surface area contributed by atoms with Crippen LogP contribution in [0.15, 0.2) is 64.2 Å². The lowest BCUT2D eigenvalue weighted by atomic mass is 10.1. The molecule has 0 amide bonds. The van der Waals surface area contributed by atoms with Crippen LogP contribution in [0.5, 0.6) is 5.75 Å². The lowest BCUT2D eigenvalue weighted by Gasteiger charge is -2.32. The summed E-state index contributed by atoms with van der Waals surface area (Å²) < 4.78 is 9.76. The van der Waals surface area contributed by atoms with Crippen LogP contribution >= 0.6 is 0 Å². The molecule has 0 spiro atoms. The van der Waals surface area contributed by atoms with Gasteiger partial charge in [0.25, 0.3) is 5.56 Å². The van der Waals surface area contributed by atoms with Crippen molar-refractivity contribution in [2.75, 3.05) is 18.6 Å². The molecule has 1 aliphatic heterocycles. The molecule has 176 valence electrons. The number of aromatic nitrogens is 4. The summed E-state index contributed by atoms with van der Waals surface area (Å²) in [6.45, 7) is 0.846. The fraction of sp³-hybridized carbons (Fsp3) is 0.320. The highest BCUT2D eigenvalue weighted by atomic mass is 16.5. The summed E-state index contributed by atoms with van der Waals surface area (Å²) >= 11 is 0. The van der Waals surface area contributed by atoms with Crippen molar-refractivity contribution >= 4 is 22.8 Å². The molecule has 1 aliphatic rings. The van der Waals surface area contributed by atoms with Crippen molar-refractivity contribution in [1.82, 2.24) is 18.7 Å². The number of hydrogen-bond donors (Lipinski definition) is 1. The molecule has 9 nitrogen and oxygen atoms in total. The van der Waals surface area contributed by atoms with E-state index in [1.807, 2.05) is 59.5 Å². The number of fused-ring (bicyclic) bond motifs is 3. The maximum atomic E-state index is 13.5. The van der Waals surface area contributed by atoms with Crippen molar-refractivity contribution in [2.45, 2.75) is 32.0 Å². The topological polar surface area (TPSA) is 94.5 Å². The smallest absolute Gasteiger partial charge is 0.332 e. The van der Waals surface area contributed by atoms with Crippen LogP contribution in [-0.2, 0) is 26.6 Å². The average Bonchev–Trinajstić information content (AvgIpc) is 3.24. The first-order chi connectivity index (χ1) is 16.5. The first-order valence-electron chi connectivity index (χ1n) is 11.3. The minimum Gasteiger partial charge on any atom is -0.497 e. The summed E-state index contributed by atoms with van der Waals surface area (Å²) in [7, 11) is 3.22. The SMILES string of the molecule is COc1cccc(N2C[C@@H](O)Cn3c2nc2c3c(=O)n(CCCc3ccccc3)c(=O)n2C)c1. The van der Waals surface area contributed by atoms with Gasteiger partial charge in [0, 0.05) is 25.3 Å². The normalized spacial score (nSPS) is 15.5. The lowest BCUT2D eigenvalue weighted by molar-refractivity contribution is 0.154. The molecule has 3 heterocycles. The van der Waals surface area contributed by atoms with Gasteiger partial charge in [-0.15, -0.1) is 0 Å². The summed E-state index contributed by atoms with van der Waals surface area (Å²) in [5.41, 5.74) is 1.80. The Balaban J connectivity index is 1.58. The van der Waals surface area contributed by atoms with E-state index in [9.17, 15) is 14.7 Å². The highest BCUT2D eigenvalue weighted by Crippen LogP contribution is 2.32. The van der Waals surface area contributed by atoms with Gasteiger partial charge >= 0.3 is 5.69 Å². The first kappa shape index (κ1) is 22.0. The van der Waals surface area contributed by atoms with Crippen LogP contribution in [0.2, 0.25) is 0 Å². The zero-order chi connectivity index (χ0) is 23.8. The third-order valence-electron chi connectivity index (χ3n) is 6.30. The van der Waals surface area contributed by atoms with Crippen LogP contribution in [0, 0.1) is 0 Å². The maximum absolute atomic E-state index is 13.5. The van der Waals surface area contributed by atoms with Crippen molar-refractivity contribution in [1.29, 1.82) is 0 Å². The van der Waals surface area contributed by atoms with E-state index in [0.29, 0.717) is 42.4 Å². The Morgan fingerprint density at radius 1 is 1.09 bits per heavy atom. The number of aliphatic hydroxyl groups is 1. The minimum absolute atomic E-state index is 0.226. The van der Waals surface area contributed by atoms with Gasteiger partial charge in [0.05, 0.1) is 26.3 Å². The third kappa shape index (κ3) is 3.77. The Hall–Kier alpha value is -3.85. The lowest BCUT2D eigenvalue weighted by Crippen LogP contribution is -2.41. The van der Waals surface area contributed by atoms with E-state index in [1.54, 1.807) is 18.7 Å². The molecule has 0 fully saturated rings. The summed E-state index contributed by atoms with van der Waals surface area (Å²) in [6.07, 6.45) is 0.713. The predicted molar refractivity (Wildman–Crippen MR) is 130 cm³/mol. The van der Waals surface area contributed by atoms with E-state index < -0.39 is 11.8 Å². The molecule has 1 atom stereocenters.